The van der Waals surface area contributed by atoms with Crippen LogP contribution in [-0.4, -0.2) is 37.1 Å². The van der Waals surface area contributed by atoms with E-state index >= 15 is 0 Å². The Labute approximate surface area is 126 Å². The third-order valence-corrected chi connectivity index (χ3v) is 5.63. The first-order valence-electron chi connectivity index (χ1n) is 9.14. The van der Waals surface area contributed by atoms with Gasteiger partial charge in [-0.1, -0.05) is 46.5 Å². The van der Waals surface area contributed by atoms with E-state index in [0.29, 0.717) is 0 Å². The first-order chi connectivity index (χ1) is 9.69. The van der Waals surface area contributed by atoms with Gasteiger partial charge in [0, 0.05) is 12.6 Å². The highest BCUT2D eigenvalue weighted by molar-refractivity contribution is 4.83. The van der Waals surface area contributed by atoms with Gasteiger partial charge >= 0.3 is 0 Å². The first kappa shape index (κ1) is 16.3. The van der Waals surface area contributed by atoms with Gasteiger partial charge in [-0.15, -0.1) is 0 Å². The summed E-state index contributed by atoms with van der Waals surface area (Å²) in [7, 11) is 0. The summed E-state index contributed by atoms with van der Waals surface area (Å²) in [5.74, 6) is 2.84. The van der Waals surface area contributed by atoms with E-state index in [2.05, 4.69) is 31.0 Å². The number of hydrogen-bond acceptors (Lipinski definition) is 2. The molecule has 2 aliphatic rings. The van der Waals surface area contributed by atoms with E-state index in [1.54, 1.807) is 0 Å². The van der Waals surface area contributed by atoms with Crippen LogP contribution in [0.2, 0.25) is 0 Å². The highest BCUT2D eigenvalue weighted by Gasteiger charge is 2.26. The Balaban J connectivity index is 1.63. The zero-order valence-electron chi connectivity index (χ0n) is 14.0. The van der Waals surface area contributed by atoms with Crippen molar-refractivity contribution in [3.05, 3.63) is 0 Å². The van der Waals surface area contributed by atoms with Crippen LogP contribution in [0.3, 0.4) is 0 Å². The van der Waals surface area contributed by atoms with Gasteiger partial charge in [-0.3, -0.25) is 0 Å². The predicted molar refractivity (Wildman–Crippen MR) is 88.0 cm³/mol. The molecule has 1 heterocycles. The minimum Gasteiger partial charge on any atom is -0.314 e. The highest BCUT2D eigenvalue weighted by atomic mass is 15.1. The minimum absolute atomic E-state index is 0.765. The van der Waals surface area contributed by atoms with E-state index in [9.17, 15) is 0 Å². The van der Waals surface area contributed by atoms with Crippen molar-refractivity contribution in [2.24, 2.45) is 17.8 Å². The van der Waals surface area contributed by atoms with Crippen LogP contribution < -0.4 is 5.32 Å². The van der Waals surface area contributed by atoms with Crippen LogP contribution in [0.4, 0.5) is 0 Å². The molecule has 2 nitrogen and oxygen atoms in total. The van der Waals surface area contributed by atoms with Gasteiger partial charge in [0.05, 0.1) is 0 Å². The van der Waals surface area contributed by atoms with Crippen LogP contribution in [-0.2, 0) is 0 Å². The molecular weight excluding hydrogens is 244 g/mol. The molecule has 0 aromatic rings. The molecule has 1 aliphatic heterocycles. The Hall–Kier alpha value is -0.0800. The number of rotatable bonds is 6. The number of hydrogen-bond donors (Lipinski definition) is 1. The molecule has 2 unspecified atom stereocenters. The Morgan fingerprint density at radius 3 is 2.45 bits per heavy atom. The SMILES string of the molecule is CCCNC1CCN(CCC2CCC(C)CC2)CC1C. The molecule has 2 rings (SSSR count). The average Bonchev–Trinajstić information content (AvgIpc) is 2.46. The second-order valence-corrected chi connectivity index (χ2v) is 7.54. The van der Waals surface area contributed by atoms with Crippen LogP contribution in [0.25, 0.3) is 0 Å². The molecule has 1 saturated carbocycles. The summed E-state index contributed by atoms with van der Waals surface area (Å²) in [6.07, 6.45) is 9.99. The molecule has 2 atom stereocenters. The molecule has 118 valence electrons. The fourth-order valence-corrected chi connectivity index (χ4v) is 4.05. The standard InChI is InChI=1S/C18H36N2/c1-4-11-19-18-10-13-20(14-16(18)3)12-9-17-7-5-15(2)6-8-17/h15-19H,4-14H2,1-3H3. The van der Waals surface area contributed by atoms with E-state index in [1.165, 1.54) is 71.1 Å². The lowest BCUT2D eigenvalue weighted by Crippen LogP contribution is -2.48. The van der Waals surface area contributed by atoms with Crippen molar-refractivity contribution < 1.29 is 0 Å². The van der Waals surface area contributed by atoms with E-state index in [0.717, 1.165) is 23.8 Å². The maximum absolute atomic E-state index is 3.73. The van der Waals surface area contributed by atoms with Gasteiger partial charge in [0.1, 0.15) is 0 Å². The Morgan fingerprint density at radius 2 is 1.80 bits per heavy atom. The fraction of sp³-hybridized carbons (Fsp3) is 1.00. The maximum Gasteiger partial charge on any atom is 0.0117 e. The molecule has 2 fully saturated rings. The van der Waals surface area contributed by atoms with Crippen molar-refractivity contribution in [2.45, 2.75) is 71.8 Å². The van der Waals surface area contributed by atoms with Crippen LogP contribution in [0.5, 0.6) is 0 Å². The second-order valence-electron chi connectivity index (χ2n) is 7.54. The number of piperidine rings is 1. The Kier molecular flexibility index (Phi) is 6.83. The summed E-state index contributed by atoms with van der Waals surface area (Å²) in [4.78, 5) is 2.73. The van der Waals surface area contributed by atoms with Gasteiger partial charge in [0.15, 0.2) is 0 Å². The fourth-order valence-electron chi connectivity index (χ4n) is 4.05. The third-order valence-electron chi connectivity index (χ3n) is 5.63. The third kappa shape index (κ3) is 5.04. The van der Waals surface area contributed by atoms with E-state index in [-0.39, 0.29) is 0 Å². The van der Waals surface area contributed by atoms with Gasteiger partial charge in [0.25, 0.3) is 0 Å². The minimum atomic E-state index is 0.765. The summed E-state index contributed by atoms with van der Waals surface area (Å²) in [5, 5.41) is 3.73. The molecular formula is C18H36N2. The Bertz CT molecular complexity index is 258. The summed E-state index contributed by atoms with van der Waals surface area (Å²) in [6.45, 7) is 12.3. The highest BCUT2D eigenvalue weighted by Crippen LogP contribution is 2.30. The van der Waals surface area contributed by atoms with Crippen molar-refractivity contribution in [1.82, 2.24) is 10.2 Å². The zero-order chi connectivity index (χ0) is 14.4. The smallest absolute Gasteiger partial charge is 0.0117 e. The molecule has 0 spiro atoms. The lowest BCUT2D eigenvalue weighted by Gasteiger charge is -2.38. The molecule has 1 aliphatic carbocycles. The van der Waals surface area contributed by atoms with Gasteiger partial charge in [-0.05, 0) is 56.7 Å². The van der Waals surface area contributed by atoms with Gasteiger partial charge in [0.2, 0.25) is 0 Å². The lowest BCUT2D eigenvalue weighted by molar-refractivity contribution is 0.133. The average molecular weight is 280 g/mol. The molecule has 0 aromatic heterocycles. The summed E-state index contributed by atoms with van der Waals surface area (Å²) < 4.78 is 0. The van der Waals surface area contributed by atoms with Crippen molar-refractivity contribution in [3.8, 4) is 0 Å². The maximum atomic E-state index is 3.73. The van der Waals surface area contributed by atoms with Crippen LogP contribution >= 0.6 is 0 Å². The Morgan fingerprint density at radius 1 is 1.05 bits per heavy atom. The molecule has 1 saturated heterocycles. The van der Waals surface area contributed by atoms with Crippen LogP contribution in [0.15, 0.2) is 0 Å². The molecule has 0 bridgehead atoms. The van der Waals surface area contributed by atoms with E-state index in [1.807, 2.05) is 0 Å². The number of nitrogens with one attached hydrogen (secondary N) is 1. The van der Waals surface area contributed by atoms with Crippen LogP contribution in [0.1, 0.15) is 65.7 Å². The molecule has 2 heteroatoms. The van der Waals surface area contributed by atoms with E-state index in [4.69, 9.17) is 0 Å². The van der Waals surface area contributed by atoms with Crippen molar-refractivity contribution >= 4 is 0 Å². The molecule has 1 N–H and O–H groups in total. The number of nitrogens with zero attached hydrogens (tertiary/aromatic N) is 1. The quantitative estimate of drug-likeness (QED) is 0.793. The van der Waals surface area contributed by atoms with E-state index < -0.39 is 0 Å². The largest absolute Gasteiger partial charge is 0.314 e. The van der Waals surface area contributed by atoms with Crippen molar-refractivity contribution in [2.75, 3.05) is 26.2 Å². The molecule has 0 amide bonds. The second kappa shape index (κ2) is 8.38. The summed E-state index contributed by atoms with van der Waals surface area (Å²) >= 11 is 0. The lowest BCUT2D eigenvalue weighted by atomic mass is 9.81. The van der Waals surface area contributed by atoms with Gasteiger partial charge in [-0.25, -0.2) is 0 Å². The number of likely N-dealkylation sites (tertiary alicyclic amines) is 1. The van der Waals surface area contributed by atoms with Gasteiger partial charge < -0.3 is 10.2 Å². The zero-order valence-corrected chi connectivity index (χ0v) is 14.0. The van der Waals surface area contributed by atoms with Crippen LogP contribution in [0, 0.1) is 17.8 Å². The normalized spacial score (nSPS) is 36.1. The van der Waals surface area contributed by atoms with Crippen molar-refractivity contribution in [3.63, 3.8) is 0 Å². The first-order valence-corrected chi connectivity index (χ1v) is 9.14. The summed E-state index contributed by atoms with van der Waals surface area (Å²) in [6, 6.07) is 0.765. The molecule has 20 heavy (non-hydrogen) atoms. The van der Waals surface area contributed by atoms with Crippen molar-refractivity contribution in [1.29, 1.82) is 0 Å². The predicted octanol–water partition coefficient (Wildman–Crippen LogP) is 3.91. The van der Waals surface area contributed by atoms with Gasteiger partial charge in [-0.2, -0.15) is 0 Å². The molecule has 0 radical (unpaired) electrons. The summed E-state index contributed by atoms with van der Waals surface area (Å²) in [5.41, 5.74) is 0. The monoisotopic (exact) mass is 280 g/mol. The molecule has 0 aromatic carbocycles. The topological polar surface area (TPSA) is 15.3 Å².